The molecule has 0 aliphatic carbocycles. The summed E-state index contributed by atoms with van der Waals surface area (Å²) in [5, 5.41) is 8.37. The van der Waals surface area contributed by atoms with Crippen LogP contribution in [-0.4, -0.2) is 35.6 Å². The van der Waals surface area contributed by atoms with Crippen LogP contribution in [0.25, 0.3) is 0 Å². The highest BCUT2D eigenvalue weighted by Crippen LogP contribution is 2.13. The standard InChI is InChI=1S/C8H10O3S.C6H13NO2.H2O/c1-6-3-4-8(5-7(6)2)12(9,10)11;1-4(2)3-5(7)6(8)9;/h3-5H,1-2H3,(H,9,10,11);4-5H,3,7H2,1-2H3,(H,8,9);1H2/t;5-;/m.0./s1. The molecule has 0 aliphatic rings. The predicted molar refractivity (Wildman–Crippen MR) is 81.3 cm³/mol. The van der Waals surface area contributed by atoms with Crippen molar-refractivity contribution in [3.63, 3.8) is 0 Å². The van der Waals surface area contributed by atoms with Gasteiger partial charge in [0.2, 0.25) is 0 Å². The normalized spacial score (nSPS) is 12.0. The number of rotatable bonds is 4. The molecule has 0 aromatic heterocycles. The molecule has 0 radical (unpaired) electrons. The second-order valence-electron chi connectivity index (χ2n) is 5.36. The number of quaternary nitrogens is 1. The van der Waals surface area contributed by atoms with Crippen molar-refractivity contribution in [3.8, 4) is 0 Å². The quantitative estimate of drug-likeness (QED) is 0.747. The topological polar surface area (TPSA) is 154 Å². The van der Waals surface area contributed by atoms with Crippen LogP contribution in [-0.2, 0) is 14.9 Å². The molecule has 0 aliphatic heterocycles. The Morgan fingerprint density at radius 1 is 1.27 bits per heavy atom. The fraction of sp³-hybridized carbons (Fsp3) is 0.500. The number of carbonyl (C=O) groups is 1. The van der Waals surface area contributed by atoms with E-state index in [2.05, 4.69) is 5.73 Å². The van der Waals surface area contributed by atoms with E-state index in [0.717, 1.165) is 11.1 Å². The maximum atomic E-state index is 10.5. The van der Waals surface area contributed by atoms with Gasteiger partial charge in [-0.3, -0.25) is 0 Å². The highest BCUT2D eigenvalue weighted by molar-refractivity contribution is 7.85. The SMILES string of the molecule is CC(C)C[C@H]([NH3+])C(=O)O.Cc1ccc(S(=O)(=O)[O-])cc1C.O. The van der Waals surface area contributed by atoms with Crippen molar-refractivity contribution in [2.75, 3.05) is 0 Å². The Bertz CT molecular complexity index is 583. The number of carboxylic acids is 1. The van der Waals surface area contributed by atoms with Gasteiger partial charge in [-0.1, -0.05) is 19.9 Å². The van der Waals surface area contributed by atoms with Gasteiger partial charge in [-0.05, 0) is 43.0 Å². The first-order valence-electron chi connectivity index (χ1n) is 6.54. The zero-order valence-corrected chi connectivity index (χ0v) is 14.1. The van der Waals surface area contributed by atoms with E-state index in [1.165, 1.54) is 12.1 Å². The first-order valence-corrected chi connectivity index (χ1v) is 7.95. The van der Waals surface area contributed by atoms with Crippen LogP contribution < -0.4 is 5.73 Å². The molecule has 7 nitrogen and oxygen atoms in total. The first kappa shape index (κ1) is 22.8. The van der Waals surface area contributed by atoms with Crippen LogP contribution in [0.4, 0.5) is 0 Å². The molecule has 22 heavy (non-hydrogen) atoms. The predicted octanol–water partition coefficient (Wildman–Crippen LogP) is 0.110. The third-order valence-electron chi connectivity index (χ3n) is 2.87. The minimum atomic E-state index is -4.29. The van der Waals surface area contributed by atoms with Gasteiger partial charge in [0.05, 0.1) is 4.90 Å². The van der Waals surface area contributed by atoms with Gasteiger partial charge >= 0.3 is 5.97 Å². The molecule has 0 unspecified atom stereocenters. The third-order valence-corrected chi connectivity index (χ3v) is 3.70. The number of hydrogen-bond acceptors (Lipinski definition) is 4. The largest absolute Gasteiger partial charge is 0.744 e. The fourth-order valence-electron chi connectivity index (χ4n) is 1.54. The van der Waals surface area contributed by atoms with Gasteiger partial charge in [0, 0.05) is 6.42 Å². The van der Waals surface area contributed by atoms with Gasteiger partial charge in [0.25, 0.3) is 0 Å². The molecule has 8 heteroatoms. The van der Waals surface area contributed by atoms with E-state index in [4.69, 9.17) is 5.11 Å². The molecule has 6 N–H and O–H groups in total. The number of benzene rings is 1. The number of carboxylic acid groups (broad SMARTS) is 1. The smallest absolute Gasteiger partial charge is 0.362 e. The second kappa shape index (κ2) is 9.52. The van der Waals surface area contributed by atoms with Crippen LogP contribution in [0.3, 0.4) is 0 Å². The van der Waals surface area contributed by atoms with E-state index in [1.54, 1.807) is 13.0 Å². The molecule has 128 valence electrons. The van der Waals surface area contributed by atoms with E-state index in [-0.39, 0.29) is 10.4 Å². The van der Waals surface area contributed by atoms with Crippen LogP contribution in [0, 0.1) is 19.8 Å². The lowest BCUT2D eigenvalue weighted by molar-refractivity contribution is -0.410. The van der Waals surface area contributed by atoms with Crippen LogP contribution in [0.2, 0.25) is 0 Å². The van der Waals surface area contributed by atoms with Gasteiger partial charge in [-0.15, -0.1) is 0 Å². The lowest BCUT2D eigenvalue weighted by Gasteiger charge is -2.08. The van der Waals surface area contributed by atoms with Crippen molar-refractivity contribution in [1.29, 1.82) is 0 Å². The Morgan fingerprint density at radius 3 is 2.05 bits per heavy atom. The summed E-state index contributed by atoms with van der Waals surface area (Å²) in [6.07, 6.45) is 0.662. The fourth-order valence-corrected chi connectivity index (χ4v) is 2.10. The zero-order chi connectivity index (χ0) is 16.8. The van der Waals surface area contributed by atoms with Crippen molar-refractivity contribution in [3.05, 3.63) is 29.3 Å². The van der Waals surface area contributed by atoms with Crippen molar-refractivity contribution in [2.24, 2.45) is 5.92 Å². The summed E-state index contributed by atoms with van der Waals surface area (Å²) in [7, 11) is -4.29. The van der Waals surface area contributed by atoms with E-state index in [9.17, 15) is 17.8 Å². The van der Waals surface area contributed by atoms with Gasteiger partial charge < -0.3 is 20.9 Å². The average molecular weight is 335 g/mol. The zero-order valence-electron chi connectivity index (χ0n) is 13.3. The van der Waals surface area contributed by atoms with Gasteiger partial charge in [-0.25, -0.2) is 13.2 Å². The molecule has 0 fully saturated rings. The molecule has 1 atom stereocenters. The average Bonchev–Trinajstić information content (AvgIpc) is 2.31. The van der Waals surface area contributed by atoms with Gasteiger partial charge in [0.15, 0.2) is 6.04 Å². The van der Waals surface area contributed by atoms with Crippen molar-refractivity contribution < 1.29 is 34.1 Å². The summed E-state index contributed by atoms with van der Waals surface area (Å²) in [6.45, 7) is 7.60. The van der Waals surface area contributed by atoms with E-state index in [0.29, 0.717) is 12.3 Å². The lowest BCUT2D eigenvalue weighted by atomic mass is 10.1. The Hall–Kier alpha value is -1.48. The summed E-state index contributed by atoms with van der Waals surface area (Å²) >= 11 is 0. The molecule has 0 bridgehead atoms. The molecule has 0 spiro atoms. The highest BCUT2D eigenvalue weighted by Gasteiger charge is 2.16. The Kier molecular flexibility index (Phi) is 9.86. The van der Waals surface area contributed by atoms with Crippen LogP contribution >= 0.6 is 0 Å². The van der Waals surface area contributed by atoms with E-state index >= 15 is 0 Å². The Labute approximate surface area is 131 Å². The Morgan fingerprint density at radius 2 is 1.77 bits per heavy atom. The number of hydrogen-bond donors (Lipinski definition) is 2. The molecule has 1 aromatic rings. The summed E-state index contributed by atoms with van der Waals surface area (Å²) in [5.74, 6) is -0.382. The van der Waals surface area contributed by atoms with Gasteiger partial charge in [-0.2, -0.15) is 0 Å². The molecule has 1 rings (SSSR count). The highest BCUT2D eigenvalue weighted by atomic mass is 32.2. The van der Waals surface area contributed by atoms with Crippen LogP contribution in [0.5, 0.6) is 0 Å². The molecule has 0 heterocycles. The molecular weight excluding hydrogens is 310 g/mol. The molecule has 0 amide bonds. The molecular formula is C14H25NO6S. The lowest BCUT2D eigenvalue weighted by Crippen LogP contribution is -2.65. The van der Waals surface area contributed by atoms with Crippen molar-refractivity contribution in [1.82, 2.24) is 0 Å². The second-order valence-corrected chi connectivity index (χ2v) is 6.74. The Balaban J connectivity index is 0. The number of aliphatic carboxylic acids is 1. The monoisotopic (exact) mass is 335 g/mol. The molecule has 0 saturated heterocycles. The van der Waals surface area contributed by atoms with E-state index < -0.39 is 22.1 Å². The maximum absolute atomic E-state index is 10.5. The minimum absolute atomic E-state index is 0. The maximum Gasteiger partial charge on any atom is 0.362 e. The van der Waals surface area contributed by atoms with Crippen molar-refractivity contribution in [2.45, 2.75) is 45.1 Å². The number of aryl methyl sites for hydroxylation is 2. The van der Waals surface area contributed by atoms with Crippen LogP contribution in [0.15, 0.2) is 23.1 Å². The third kappa shape index (κ3) is 8.73. The van der Waals surface area contributed by atoms with Gasteiger partial charge in [0.1, 0.15) is 10.1 Å². The summed E-state index contributed by atoms with van der Waals surface area (Å²) in [5.41, 5.74) is 5.26. The van der Waals surface area contributed by atoms with E-state index in [1.807, 2.05) is 20.8 Å². The molecule has 1 aromatic carbocycles. The summed E-state index contributed by atoms with van der Waals surface area (Å²) < 4.78 is 31.6. The van der Waals surface area contributed by atoms with Crippen LogP contribution in [0.1, 0.15) is 31.4 Å². The van der Waals surface area contributed by atoms with Crippen molar-refractivity contribution >= 4 is 16.1 Å². The summed E-state index contributed by atoms with van der Waals surface area (Å²) in [6, 6.07) is 3.90. The summed E-state index contributed by atoms with van der Waals surface area (Å²) in [4.78, 5) is 10.0. The minimum Gasteiger partial charge on any atom is -0.744 e. The first-order chi connectivity index (χ1) is 9.45. The molecule has 0 saturated carbocycles.